The van der Waals surface area contributed by atoms with E-state index in [4.69, 9.17) is 0 Å². The van der Waals surface area contributed by atoms with Crippen LogP contribution in [0.25, 0.3) is 0 Å². The van der Waals surface area contributed by atoms with E-state index >= 15 is 0 Å². The molecular formula is C17H20N2O2. The smallest absolute Gasteiger partial charge is 0.228 e. The highest BCUT2D eigenvalue weighted by atomic mass is 16.1. The monoisotopic (exact) mass is 284 g/mol. The van der Waals surface area contributed by atoms with Gasteiger partial charge in [0.15, 0.2) is 5.78 Å². The van der Waals surface area contributed by atoms with Gasteiger partial charge in [-0.05, 0) is 44.5 Å². The van der Waals surface area contributed by atoms with Crippen molar-refractivity contribution in [1.82, 2.24) is 4.57 Å². The average molecular weight is 284 g/mol. The third-order valence-electron chi connectivity index (χ3n) is 3.78. The van der Waals surface area contributed by atoms with Gasteiger partial charge in [-0.15, -0.1) is 0 Å². The van der Waals surface area contributed by atoms with E-state index in [-0.39, 0.29) is 11.7 Å². The van der Waals surface area contributed by atoms with E-state index in [0.29, 0.717) is 17.7 Å². The molecule has 1 N–H and O–H groups in total. The molecule has 0 fully saturated rings. The van der Waals surface area contributed by atoms with E-state index in [1.807, 2.05) is 27.0 Å². The Hall–Kier alpha value is -2.36. The van der Waals surface area contributed by atoms with Gasteiger partial charge in [-0.25, -0.2) is 0 Å². The predicted molar refractivity (Wildman–Crippen MR) is 83.7 cm³/mol. The molecule has 1 heterocycles. The maximum Gasteiger partial charge on any atom is 0.228 e. The van der Waals surface area contributed by atoms with Crippen molar-refractivity contribution in [2.24, 2.45) is 7.05 Å². The number of hydrogen-bond donors (Lipinski definition) is 1. The lowest BCUT2D eigenvalue weighted by atomic mass is 10.1. The predicted octanol–water partition coefficient (Wildman–Crippen LogP) is 3.03. The molecule has 110 valence electrons. The van der Waals surface area contributed by atoms with Crippen LogP contribution in [-0.2, 0) is 18.3 Å². The summed E-state index contributed by atoms with van der Waals surface area (Å²) in [7, 11) is 1.99. The van der Waals surface area contributed by atoms with Crippen LogP contribution in [-0.4, -0.2) is 16.3 Å². The summed E-state index contributed by atoms with van der Waals surface area (Å²) in [5.41, 5.74) is 4.50. The molecule has 0 saturated carbocycles. The molecule has 0 aliphatic carbocycles. The summed E-state index contributed by atoms with van der Waals surface area (Å²) in [5.74, 6) is -0.0926. The molecule has 4 heteroatoms. The van der Waals surface area contributed by atoms with Crippen LogP contribution in [0.15, 0.2) is 30.3 Å². The average Bonchev–Trinajstić information content (AvgIpc) is 2.66. The van der Waals surface area contributed by atoms with Crippen LogP contribution in [0.5, 0.6) is 0 Å². The van der Waals surface area contributed by atoms with Gasteiger partial charge < -0.3 is 9.88 Å². The second kappa shape index (κ2) is 5.95. The summed E-state index contributed by atoms with van der Waals surface area (Å²) in [6.45, 7) is 5.54. The normalized spacial score (nSPS) is 10.5. The van der Waals surface area contributed by atoms with Crippen LogP contribution in [0.1, 0.15) is 34.2 Å². The highest BCUT2D eigenvalue weighted by Crippen LogP contribution is 2.16. The molecule has 0 radical (unpaired) electrons. The molecule has 2 rings (SSSR count). The standard InChI is InChI=1S/C17H20N2O2/c1-11-8-15(12(2)19(11)4)10-17(21)18-16-7-5-6-14(9-16)13(3)20/h5-9H,10H2,1-4H3,(H,18,21). The van der Waals surface area contributed by atoms with E-state index in [1.54, 1.807) is 24.3 Å². The Morgan fingerprint density at radius 1 is 1.19 bits per heavy atom. The number of rotatable bonds is 4. The van der Waals surface area contributed by atoms with Crippen LogP contribution >= 0.6 is 0 Å². The first-order chi connectivity index (χ1) is 9.88. The molecule has 0 atom stereocenters. The summed E-state index contributed by atoms with van der Waals surface area (Å²) in [4.78, 5) is 23.5. The number of benzene rings is 1. The Labute approximate surface area is 124 Å². The van der Waals surface area contributed by atoms with Gasteiger partial charge in [-0.1, -0.05) is 12.1 Å². The van der Waals surface area contributed by atoms with Gasteiger partial charge in [0.2, 0.25) is 5.91 Å². The molecule has 21 heavy (non-hydrogen) atoms. The largest absolute Gasteiger partial charge is 0.352 e. The topological polar surface area (TPSA) is 51.1 Å². The molecule has 0 spiro atoms. The number of Topliss-reactive ketones (excluding diaryl/α,β-unsaturated/α-hetero) is 1. The Morgan fingerprint density at radius 3 is 2.48 bits per heavy atom. The first-order valence-electron chi connectivity index (χ1n) is 6.91. The van der Waals surface area contributed by atoms with Crippen molar-refractivity contribution in [3.05, 3.63) is 52.8 Å². The molecule has 2 aromatic rings. The number of ketones is 1. The molecule has 1 aromatic heterocycles. The van der Waals surface area contributed by atoms with Crippen LogP contribution < -0.4 is 5.32 Å². The highest BCUT2D eigenvalue weighted by Gasteiger charge is 2.11. The van der Waals surface area contributed by atoms with Gasteiger partial charge in [0.1, 0.15) is 0 Å². The quantitative estimate of drug-likeness (QED) is 0.877. The minimum absolute atomic E-state index is 0.0133. The molecule has 0 bridgehead atoms. The lowest BCUT2D eigenvalue weighted by molar-refractivity contribution is -0.115. The molecule has 0 saturated heterocycles. The van der Waals surface area contributed by atoms with Gasteiger partial charge in [-0.3, -0.25) is 9.59 Å². The van der Waals surface area contributed by atoms with Crippen molar-refractivity contribution in [3.63, 3.8) is 0 Å². The van der Waals surface area contributed by atoms with Gasteiger partial charge in [0.25, 0.3) is 0 Å². The summed E-state index contributed by atoms with van der Waals surface area (Å²) in [6, 6.07) is 9.02. The van der Waals surface area contributed by atoms with Crippen molar-refractivity contribution >= 4 is 17.4 Å². The van der Waals surface area contributed by atoms with Crippen molar-refractivity contribution in [1.29, 1.82) is 0 Å². The Bertz CT molecular complexity index is 699. The molecule has 1 aromatic carbocycles. The zero-order valence-corrected chi connectivity index (χ0v) is 12.9. The first-order valence-corrected chi connectivity index (χ1v) is 6.91. The number of hydrogen-bond acceptors (Lipinski definition) is 2. The number of aromatic nitrogens is 1. The Morgan fingerprint density at radius 2 is 1.90 bits per heavy atom. The summed E-state index contributed by atoms with van der Waals surface area (Å²) < 4.78 is 2.07. The fourth-order valence-corrected chi connectivity index (χ4v) is 2.31. The lowest BCUT2D eigenvalue weighted by Crippen LogP contribution is -2.15. The van der Waals surface area contributed by atoms with Crippen molar-refractivity contribution < 1.29 is 9.59 Å². The van der Waals surface area contributed by atoms with E-state index in [1.165, 1.54) is 6.92 Å². The van der Waals surface area contributed by atoms with Crippen molar-refractivity contribution in [2.75, 3.05) is 5.32 Å². The van der Waals surface area contributed by atoms with E-state index in [0.717, 1.165) is 17.0 Å². The molecule has 0 unspecified atom stereocenters. The molecule has 1 amide bonds. The molecular weight excluding hydrogens is 264 g/mol. The number of aryl methyl sites for hydroxylation is 1. The molecule has 0 aliphatic heterocycles. The number of amides is 1. The minimum atomic E-state index is -0.0793. The fourth-order valence-electron chi connectivity index (χ4n) is 2.31. The minimum Gasteiger partial charge on any atom is -0.352 e. The SMILES string of the molecule is CC(=O)c1cccc(NC(=O)Cc2cc(C)n(C)c2C)c1. The first kappa shape index (κ1) is 15.0. The maximum absolute atomic E-state index is 12.1. The number of carbonyl (C=O) groups is 2. The van der Waals surface area contributed by atoms with Crippen molar-refractivity contribution in [3.8, 4) is 0 Å². The van der Waals surface area contributed by atoms with Crippen LogP contribution in [0.3, 0.4) is 0 Å². The summed E-state index contributed by atoms with van der Waals surface area (Å²) >= 11 is 0. The number of carbonyl (C=O) groups excluding carboxylic acids is 2. The van der Waals surface area contributed by atoms with E-state index in [2.05, 4.69) is 9.88 Å². The van der Waals surface area contributed by atoms with Gasteiger partial charge >= 0.3 is 0 Å². The molecule has 0 aliphatic rings. The van der Waals surface area contributed by atoms with Crippen LogP contribution in [0.4, 0.5) is 5.69 Å². The second-order valence-corrected chi connectivity index (χ2v) is 5.32. The third kappa shape index (κ3) is 3.40. The van der Waals surface area contributed by atoms with Crippen LogP contribution in [0, 0.1) is 13.8 Å². The number of anilines is 1. The van der Waals surface area contributed by atoms with Gasteiger partial charge in [0, 0.05) is 29.7 Å². The fraction of sp³-hybridized carbons (Fsp3) is 0.294. The Kier molecular flexibility index (Phi) is 4.26. The summed E-state index contributed by atoms with van der Waals surface area (Å²) in [6.07, 6.45) is 0.331. The van der Waals surface area contributed by atoms with Crippen molar-refractivity contribution in [2.45, 2.75) is 27.2 Å². The second-order valence-electron chi connectivity index (χ2n) is 5.32. The summed E-state index contributed by atoms with van der Waals surface area (Å²) in [5, 5.41) is 2.84. The highest BCUT2D eigenvalue weighted by molar-refractivity contribution is 5.97. The Balaban J connectivity index is 2.10. The number of nitrogens with one attached hydrogen (secondary N) is 1. The maximum atomic E-state index is 12.1. The zero-order valence-electron chi connectivity index (χ0n) is 12.9. The number of nitrogens with zero attached hydrogens (tertiary/aromatic N) is 1. The zero-order chi connectivity index (χ0) is 15.6. The third-order valence-corrected chi connectivity index (χ3v) is 3.78. The van der Waals surface area contributed by atoms with Gasteiger partial charge in [-0.2, -0.15) is 0 Å². The lowest BCUT2D eigenvalue weighted by Gasteiger charge is -2.07. The van der Waals surface area contributed by atoms with E-state index < -0.39 is 0 Å². The van der Waals surface area contributed by atoms with E-state index in [9.17, 15) is 9.59 Å². The van der Waals surface area contributed by atoms with Gasteiger partial charge in [0.05, 0.1) is 6.42 Å². The molecule has 4 nitrogen and oxygen atoms in total. The van der Waals surface area contributed by atoms with Crippen LogP contribution in [0.2, 0.25) is 0 Å².